The molecule has 0 aliphatic heterocycles. The number of carbonyl (C=O) groups is 1. The molecule has 0 amide bonds. The summed E-state index contributed by atoms with van der Waals surface area (Å²) in [5, 5.41) is 4.10. The maximum atomic E-state index is 12.8. The molecule has 2 aromatic rings. The van der Waals surface area contributed by atoms with Crippen LogP contribution in [0.4, 0.5) is 4.39 Å². The standard InChI is InChI=1S/C12H10BrFN2O2/c1-2-18-12(17)11-10(13)7-16(15-11)9-5-3-8(14)4-6-9/h3-7H,2H2,1H3. The maximum absolute atomic E-state index is 12.8. The first-order chi connectivity index (χ1) is 8.61. The Morgan fingerprint density at radius 3 is 2.72 bits per heavy atom. The summed E-state index contributed by atoms with van der Waals surface area (Å²) in [4.78, 5) is 11.6. The fraction of sp³-hybridized carbons (Fsp3) is 0.167. The number of esters is 1. The lowest BCUT2D eigenvalue weighted by Gasteiger charge is -2.00. The number of hydrogen-bond acceptors (Lipinski definition) is 3. The van der Waals surface area contributed by atoms with Crippen LogP contribution in [-0.2, 0) is 4.74 Å². The first kappa shape index (κ1) is 12.8. The quantitative estimate of drug-likeness (QED) is 0.818. The van der Waals surface area contributed by atoms with E-state index < -0.39 is 5.97 Å². The molecular formula is C12H10BrFN2O2. The van der Waals surface area contributed by atoms with Gasteiger partial charge in [0.2, 0.25) is 0 Å². The number of rotatable bonds is 3. The summed E-state index contributed by atoms with van der Waals surface area (Å²) in [6.07, 6.45) is 1.62. The molecular weight excluding hydrogens is 303 g/mol. The van der Waals surface area contributed by atoms with Gasteiger partial charge in [0.1, 0.15) is 5.82 Å². The Balaban J connectivity index is 2.34. The zero-order valence-corrected chi connectivity index (χ0v) is 11.1. The Labute approximate surface area is 111 Å². The molecule has 0 saturated carbocycles. The van der Waals surface area contributed by atoms with Crippen LogP contribution in [0.5, 0.6) is 0 Å². The molecule has 0 fully saturated rings. The van der Waals surface area contributed by atoms with Crippen LogP contribution in [0.3, 0.4) is 0 Å². The Morgan fingerprint density at radius 1 is 1.44 bits per heavy atom. The second-order valence-electron chi connectivity index (χ2n) is 3.47. The lowest BCUT2D eigenvalue weighted by atomic mass is 10.3. The molecule has 0 aliphatic rings. The first-order valence-electron chi connectivity index (χ1n) is 5.30. The Kier molecular flexibility index (Phi) is 3.76. The highest BCUT2D eigenvalue weighted by atomic mass is 79.9. The van der Waals surface area contributed by atoms with Gasteiger partial charge in [0, 0.05) is 6.20 Å². The van der Waals surface area contributed by atoms with Gasteiger partial charge in [0.05, 0.1) is 16.8 Å². The van der Waals surface area contributed by atoms with Crippen molar-refractivity contribution in [3.63, 3.8) is 0 Å². The predicted molar refractivity (Wildman–Crippen MR) is 67.2 cm³/mol. The number of ether oxygens (including phenoxy) is 1. The number of carbonyl (C=O) groups excluding carboxylic acids is 1. The monoisotopic (exact) mass is 312 g/mol. The van der Waals surface area contributed by atoms with Crippen molar-refractivity contribution in [2.45, 2.75) is 6.92 Å². The second-order valence-corrected chi connectivity index (χ2v) is 4.32. The van der Waals surface area contributed by atoms with Crippen LogP contribution in [0, 0.1) is 5.82 Å². The number of hydrogen-bond donors (Lipinski definition) is 0. The van der Waals surface area contributed by atoms with Crippen molar-refractivity contribution in [1.29, 1.82) is 0 Å². The zero-order chi connectivity index (χ0) is 13.1. The van der Waals surface area contributed by atoms with Gasteiger partial charge in [0.15, 0.2) is 5.69 Å². The molecule has 1 heterocycles. The van der Waals surface area contributed by atoms with Crippen molar-refractivity contribution < 1.29 is 13.9 Å². The van der Waals surface area contributed by atoms with Gasteiger partial charge in [-0.2, -0.15) is 5.10 Å². The minimum atomic E-state index is -0.495. The van der Waals surface area contributed by atoms with Gasteiger partial charge in [-0.1, -0.05) is 0 Å². The molecule has 1 aromatic heterocycles. The molecule has 0 unspecified atom stereocenters. The van der Waals surface area contributed by atoms with Gasteiger partial charge >= 0.3 is 5.97 Å². The van der Waals surface area contributed by atoms with E-state index in [0.29, 0.717) is 10.2 Å². The van der Waals surface area contributed by atoms with Crippen LogP contribution < -0.4 is 0 Å². The molecule has 1 aromatic carbocycles. The largest absolute Gasteiger partial charge is 0.461 e. The van der Waals surface area contributed by atoms with E-state index in [1.54, 1.807) is 25.3 Å². The van der Waals surface area contributed by atoms with E-state index in [1.807, 2.05) is 0 Å². The molecule has 94 valence electrons. The third-order valence-electron chi connectivity index (χ3n) is 2.23. The topological polar surface area (TPSA) is 44.1 Å². The summed E-state index contributed by atoms with van der Waals surface area (Å²) in [5.74, 6) is -0.819. The van der Waals surface area contributed by atoms with Crippen LogP contribution in [0.15, 0.2) is 34.9 Å². The van der Waals surface area contributed by atoms with Crippen LogP contribution >= 0.6 is 15.9 Å². The molecule has 2 rings (SSSR count). The highest BCUT2D eigenvalue weighted by molar-refractivity contribution is 9.10. The highest BCUT2D eigenvalue weighted by Gasteiger charge is 2.16. The molecule has 0 aliphatic carbocycles. The Morgan fingerprint density at radius 2 is 2.11 bits per heavy atom. The van der Waals surface area contributed by atoms with E-state index in [4.69, 9.17) is 4.74 Å². The Bertz CT molecular complexity index is 566. The number of nitrogens with zero attached hydrogens (tertiary/aromatic N) is 2. The van der Waals surface area contributed by atoms with E-state index in [0.717, 1.165) is 0 Å². The van der Waals surface area contributed by atoms with Crippen LogP contribution in [-0.4, -0.2) is 22.4 Å². The van der Waals surface area contributed by atoms with Gasteiger partial charge < -0.3 is 4.74 Å². The summed E-state index contributed by atoms with van der Waals surface area (Å²) < 4.78 is 19.7. The second kappa shape index (κ2) is 5.30. The van der Waals surface area contributed by atoms with Crippen molar-refractivity contribution in [2.75, 3.05) is 6.61 Å². The van der Waals surface area contributed by atoms with E-state index >= 15 is 0 Å². The van der Waals surface area contributed by atoms with Gasteiger partial charge in [0.25, 0.3) is 0 Å². The molecule has 0 atom stereocenters. The van der Waals surface area contributed by atoms with Crippen molar-refractivity contribution in [3.8, 4) is 5.69 Å². The van der Waals surface area contributed by atoms with E-state index in [2.05, 4.69) is 21.0 Å². The van der Waals surface area contributed by atoms with Crippen molar-refractivity contribution in [1.82, 2.24) is 9.78 Å². The maximum Gasteiger partial charge on any atom is 0.360 e. The normalized spacial score (nSPS) is 10.4. The zero-order valence-electron chi connectivity index (χ0n) is 9.56. The lowest BCUT2D eigenvalue weighted by molar-refractivity contribution is 0.0518. The third-order valence-corrected chi connectivity index (χ3v) is 2.81. The molecule has 0 radical (unpaired) electrons. The van der Waals surface area contributed by atoms with Crippen molar-refractivity contribution in [2.24, 2.45) is 0 Å². The van der Waals surface area contributed by atoms with Crippen LogP contribution in [0.25, 0.3) is 5.69 Å². The first-order valence-corrected chi connectivity index (χ1v) is 6.09. The molecule has 4 nitrogen and oxygen atoms in total. The van der Waals surface area contributed by atoms with E-state index in [1.165, 1.54) is 16.8 Å². The third kappa shape index (κ3) is 2.59. The average Bonchev–Trinajstić information content (AvgIpc) is 2.72. The average molecular weight is 313 g/mol. The van der Waals surface area contributed by atoms with Gasteiger partial charge in [-0.05, 0) is 47.1 Å². The summed E-state index contributed by atoms with van der Waals surface area (Å²) >= 11 is 3.24. The highest BCUT2D eigenvalue weighted by Crippen LogP contribution is 2.19. The fourth-order valence-electron chi connectivity index (χ4n) is 1.42. The number of benzene rings is 1. The lowest BCUT2D eigenvalue weighted by Crippen LogP contribution is -2.07. The van der Waals surface area contributed by atoms with Gasteiger partial charge in [-0.3, -0.25) is 0 Å². The Hall–Kier alpha value is -1.69. The summed E-state index contributed by atoms with van der Waals surface area (Å²) in [7, 11) is 0. The van der Waals surface area contributed by atoms with Gasteiger partial charge in [-0.25, -0.2) is 13.9 Å². The number of halogens is 2. The SMILES string of the molecule is CCOC(=O)c1nn(-c2ccc(F)cc2)cc1Br. The summed E-state index contributed by atoms with van der Waals surface area (Å²) in [6, 6.07) is 5.80. The molecule has 0 spiro atoms. The van der Waals surface area contributed by atoms with Gasteiger partial charge in [-0.15, -0.1) is 0 Å². The molecule has 0 N–H and O–H groups in total. The van der Waals surface area contributed by atoms with Crippen LogP contribution in [0.2, 0.25) is 0 Å². The summed E-state index contributed by atoms with van der Waals surface area (Å²) in [5.41, 5.74) is 0.855. The van der Waals surface area contributed by atoms with E-state index in [9.17, 15) is 9.18 Å². The molecule has 6 heteroatoms. The molecule has 0 saturated heterocycles. The van der Waals surface area contributed by atoms with Crippen molar-refractivity contribution >= 4 is 21.9 Å². The number of aromatic nitrogens is 2. The van der Waals surface area contributed by atoms with Crippen molar-refractivity contribution in [3.05, 3.63) is 46.4 Å². The van der Waals surface area contributed by atoms with E-state index in [-0.39, 0.29) is 18.1 Å². The fourth-order valence-corrected chi connectivity index (χ4v) is 1.85. The smallest absolute Gasteiger partial charge is 0.360 e. The summed E-state index contributed by atoms with van der Waals surface area (Å²) in [6.45, 7) is 2.01. The van der Waals surface area contributed by atoms with Crippen LogP contribution in [0.1, 0.15) is 17.4 Å². The predicted octanol–water partition coefficient (Wildman–Crippen LogP) is 2.95. The minimum Gasteiger partial charge on any atom is -0.461 e. The molecule has 18 heavy (non-hydrogen) atoms. The minimum absolute atomic E-state index is 0.196. The molecule has 0 bridgehead atoms.